The van der Waals surface area contributed by atoms with E-state index in [0.717, 1.165) is 5.75 Å². The lowest BCUT2D eigenvalue weighted by atomic mass is 9.83. The number of aliphatic carboxylic acids is 1. The number of benzene rings is 1. The van der Waals surface area contributed by atoms with Crippen molar-refractivity contribution in [3.63, 3.8) is 0 Å². The molecule has 0 saturated heterocycles. The minimum atomic E-state index is -1.46. The molecule has 6 nitrogen and oxygen atoms in total. The molecule has 0 aliphatic rings. The Hall–Kier alpha value is -2.24. The molecule has 152 valence electrons. The summed E-state index contributed by atoms with van der Waals surface area (Å²) >= 11 is 0. The van der Waals surface area contributed by atoms with Gasteiger partial charge in [0, 0.05) is 0 Å². The summed E-state index contributed by atoms with van der Waals surface area (Å²) in [6.07, 6.45) is -0.742. The van der Waals surface area contributed by atoms with Gasteiger partial charge < -0.3 is 19.9 Å². The van der Waals surface area contributed by atoms with Crippen molar-refractivity contribution in [3.8, 4) is 5.75 Å². The Morgan fingerprint density at radius 3 is 2.07 bits per heavy atom. The van der Waals surface area contributed by atoms with E-state index in [1.54, 1.807) is 20.8 Å². The highest BCUT2D eigenvalue weighted by atomic mass is 16.6. The number of amides is 1. The van der Waals surface area contributed by atoms with Crippen LogP contribution in [0.4, 0.5) is 4.79 Å². The Balaban J connectivity index is 2.91. The van der Waals surface area contributed by atoms with Gasteiger partial charge in [0.05, 0.1) is 0 Å². The van der Waals surface area contributed by atoms with E-state index >= 15 is 0 Å². The Labute approximate surface area is 162 Å². The van der Waals surface area contributed by atoms with Crippen LogP contribution in [0.25, 0.3) is 0 Å². The monoisotopic (exact) mass is 379 g/mol. The molecule has 0 aliphatic carbocycles. The molecule has 6 heteroatoms. The molecular formula is C21H33NO5. The van der Waals surface area contributed by atoms with Crippen LogP contribution in [0.3, 0.4) is 0 Å². The van der Waals surface area contributed by atoms with Gasteiger partial charge in [-0.15, -0.1) is 0 Å². The SMILES string of the molecule is CC(C)C(Oc1ccccc1)C(C)C[C@@](C)(NC(=O)OC(C)(C)C)C(=O)O. The molecular weight excluding hydrogens is 346 g/mol. The number of alkyl carbamates (subject to hydrolysis) is 1. The first kappa shape index (κ1) is 22.8. The second kappa shape index (κ2) is 9.11. The van der Waals surface area contributed by atoms with Crippen molar-refractivity contribution >= 4 is 12.1 Å². The van der Waals surface area contributed by atoms with Gasteiger partial charge in [0.15, 0.2) is 0 Å². The molecule has 0 fully saturated rings. The van der Waals surface area contributed by atoms with Crippen molar-refractivity contribution < 1.29 is 24.2 Å². The van der Waals surface area contributed by atoms with Crippen LogP contribution < -0.4 is 10.1 Å². The molecule has 0 saturated carbocycles. The highest BCUT2D eigenvalue weighted by molar-refractivity contribution is 5.84. The summed E-state index contributed by atoms with van der Waals surface area (Å²) in [5, 5.41) is 12.2. The van der Waals surface area contributed by atoms with Crippen LogP contribution in [0.15, 0.2) is 30.3 Å². The van der Waals surface area contributed by atoms with Crippen LogP contribution in [0.5, 0.6) is 5.75 Å². The molecule has 27 heavy (non-hydrogen) atoms. The second-order valence-corrected chi connectivity index (χ2v) is 8.59. The van der Waals surface area contributed by atoms with Gasteiger partial charge in [-0.1, -0.05) is 39.0 Å². The Bertz CT molecular complexity index is 623. The van der Waals surface area contributed by atoms with Crippen molar-refractivity contribution in [1.82, 2.24) is 5.32 Å². The maximum absolute atomic E-state index is 12.1. The number of para-hydroxylation sites is 1. The van der Waals surface area contributed by atoms with Gasteiger partial charge in [0.1, 0.15) is 23.0 Å². The Kier molecular flexibility index (Phi) is 7.69. The van der Waals surface area contributed by atoms with Crippen molar-refractivity contribution in [2.75, 3.05) is 0 Å². The second-order valence-electron chi connectivity index (χ2n) is 8.59. The van der Waals surface area contributed by atoms with Crippen molar-refractivity contribution in [2.24, 2.45) is 11.8 Å². The van der Waals surface area contributed by atoms with Gasteiger partial charge in [-0.2, -0.15) is 0 Å². The van der Waals surface area contributed by atoms with Crippen LogP contribution in [-0.4, -0.2) is 34.4 Å². The molecule has 2 unspecified atom stereocenters. The molecule has 0 spiro atoms. The summed E-state index contributed by atoms with van der Waals surface area (Å²) in [6.45, 7) is 12.7. The van der Waals surface area contributed by atoms with E-state index in [1.807, 2.05) is 51.1 Å². The summed E-state index contributed by atoms with van der Waals surface area (Å²) in [4.78, 5) is 24.0. The number of carbonyl (C=O) groups is 2. The summed E-state index contributed by atoms with van der Waals surface area (Å²) in [5.41, 5.74) is -2.17. The number of carbonyl (C=O) groups excluding carboxylic acids is 1. The molecule has 2 N–H and O–H groups in total. The predicted octanol–water partition coefficient (Wildman–Crippen LogP) is 4.48. The fraction of sp³-hybridized carbons (Fsp3) is 0.619. The molecule has 3 atom stereocenters. The van der Waals surface area contributed by atoms with Crippen molar-refractivity contribution in [3.05, 3.63) is 30.3 Å². The third-order valence-electron chi connectivity index (χ3n) is 4.21. The lowest BCUT2D eigenvalue weighted by molar-refractivity contribution is -0.145. The Morgan fingerprint density at radius 1 is 1.07 bits per heavy atom. The summed E-state index contributed by atoms with van der Waals surface area (Å²) < 4.78 is 11.3. The van der Waals surface area contributed by atoms with Crippen molar-refractivity contribution in [2.45, 2.75) is 72.1 Å². The maximum Gasteiger partial charge on any atom is 0.408 e. The van der Waals surface area contributed by atoms with Gasteiger partial charge in [-0.05, 0) is 58.1 Å². The zero-order valence-electron chi connectivity index (χ0n) is 17.4. The highest BCUT2D eigenvalue weighted by Gasteiger charge is 2.40. The zero-order valence-corrected chi connectivity index (χ0v) is 17.4. The standard InChI is InChI=1S/C21H33NO5/c1-14(2)17(26-16-11-9-8-10-12-16)15(3)13-21(7,18(23)24)22-19(25)27-20(4,5)6/h8-12,14-15,17H,13H2,1-7H3,(H,22,25)(H,23,24)/t15?,17?,21-/m1/s1. The van der Waals surface area contributed by atoms with Gasteiger partial charge in [0.25, 0.3) is 0 Å². The molecule has 0 bridgehead atoms. The number of hydrogen-bond donors (Lipinski definition) is 2. The quantitative estimate of drug-likeness (QED) is 0.695. The van der Waals surface area contributed by atoms with E-state index in [9.17, 15) is 14.7 Å². The van der Waals surface area contributed by atoms with E-state index in [4.69, 9.17) is 9.47 Å². The first-order valence-electron chi connectivity index (χ1n) is 9.30. The molecule has 0 aliphatic heterocycles. The molecule has 1 aromatic rings. The number of ether oxygens (including phenoxy) is 2. The fourth-order valence-electron chi connectivity index (χ4n) is 3.05. The highest BCUT2D eigenvalue weighted by Crippen LogP contribution is 2.28. The van der Waals surface area contributed by atoms with E-state index in [-0.39, 0.29) is 24.4 Å². The summed E-state index contributed by atoms with van der Waals surface area (Å²) in [6, 6.07) is 9.44. The average Bonchev–Trinajstić information content (AvgIpc) is 2.50. The summed E-state index contributed by atoms with van der Waals surface area (Å²) in [7, 11) is 0. The van der Waals surface area contributed by atoms with Crippen molar-refractivity contribution in [1.29, 1.82) is 0 Å². The van der Waals surface area contributed by atoms with Gasteiger partial charge in [-0.3, -0.25) is 0 Å². The number of carboxylic acids is 1. The van der Waals surface area contributed by atoms with Crippen LogP contribution in [-0.2, 0) is 9.53 Å². The largest absolute Gasteiger partial charge is 0.490 e. The molecule has 0 aromatic heterocycles. The maximum atomic E-state index is 12.1. The minimum Gasteiger partial charge on any atom is -0.490 e. The van der Waals surface area contributed by atoms with Crippen LogP contribution >= 0.6 is 0 Å². The van der Waals surface area contributed by atoms with E-state index in [1.165, 1.54) is 6.92 Å². The molecule has 1 amide bonds. The number of carboxylic acid groups (broad SMARTS) is 1. The topological polar surface area (TPSA) is 84.9 Å². The number of hydrogen-bond acceptors (Lipinski definition) is 4. The van der Waals surface area contributed by atoms with Crippen LogP contribution in [0.2, 0.25) is 0 Å². The van der Waals surface area contributed by atoms with Gasteiger partial charge in [-0.25, -0.2) is 9.59 Å². The summed E-state index contributed by atoms with van der Waals surface area (Å²) in [5.74, 6) is -0.330. The number of nitrogens with one attached hydrogen (secondary N) is 1. The lowest BCUT2D eigenvalue weighted by Crippen LogP contribution is -2.55. The predicted molar refractivity (Wildman–Crippen MR) is 105 cm³/mol. The van der Waals surface area contributed by atoms with Crippen LogP contribution in [0, 0.1) is 11.8 Å². The third kappa shape index (κ3) is 7.49. The Morgan fingerprint density at radius 2 is 1.63 bits per heavy atom. The smallest absolute Gasteiger partial charge is 0.408 e. The molecule has 0 radical (unpaired) electrons. The first-order valence-corrected chi connectivity index (χ1v) is 9.30. The normalized spacial score (nSPS) is 16.1. The fourth-order valence-corrected chi connectivity index (χ4v) is 3.05. The van der Waals surface area contributed by atoms with E-state index < -0.39 is 23.2 Å². The van der Waals surface area contributed by atoms with Crippen LogP contribution in [0.1, 0.15) is 54.9 Å². The van der Waals surface area contributed by atoms with E-state index in [0.29, 0.717) is 0 Å². The third-order valence-corrected chi connectivity index (χ3v) is 4.21. The minimum absolute atomic E-state index is 0.124. The molecule has 1 rings (SSSR count). The first-order chi connectivity index (χ1) is 12.3. The lowest BCUT2D eigenvalue weighted by Gasteiger charge is -2.35. The molecule has 0 heterocycles. The number of rotatable bonds is 8. The molecule has 1 aromatic carbocycles. The van der Waals surface area contributed by atoms with Gasteiger partial charge >= 0.3 is 12.1 Å². The average molecular weight is 379 g/mol. The van der Waals surface area contributed by atoms with Gasteiger partial charge in [0.2, 0.25) is 0 Å². The zero-order chi connectivity index (χ0) is 20.8. The van der Waals surface area contributed by atoms with E-state index in [2.05, 4.69) is 5.32 Å².